The fraction of sp³-hybridized carbons (Fsp3) is 0.333. The van der Waals surface area contributed by atoms with E-state index in [1.165, 1.54) is 16.8 Å². The number of nitrogens with one attached hydrogen (secondary N) is 1. The van der Waals surface area contributed by atoms with Crippen LogP contribution < -0.4 is 15.0 Å². The maximum Gasteiger partial charge on any atom is 0.133 e. The van der Waals surface area contributed by atoms with Gasteiger partial charge in [0.05, 0.1) is 0 Å². The summed E-state index contributed by atoms with van der Waals surface area (Å²) in [5, 5.41) is 3.85. The van der Waals surface area contributed by atoms with Crippen molar-refractivity contribution in [2.24, 2.45) is 0 Å². The third kappa shape index (κ3) is 2.79. The van der Waals surface area contributed by atoms with Gasteiger partial charge in [-0.15, -0.1) is 0 Å². The van der Waals surface area contributed by atoms with Crippen molar-refractivity contribution in [3.05, 3.63) is 52.0 Å². The number of hydrogen-bond acceptors (Lipinski definition) is 3. The lowest BCUT2D eigenvalue weighted by molar-refractivity contribution is 0.470. The van der Waals surface area contributed by atoms with Crippen LogP contribution in [0.4, 0.5) is 5.69 Å². The first-order valence-corrected chi connectivity index (χ1v) is 7.92. The number of fused-ring (bicyclic) bond motifs is 1. The quantitative estimate of drug-likeness (QED) is 0.917. The van der Waals surface area contributed by atoms with Gasteiger partial charge in [-0.1, -0.05) is 17.7 Å². The average Bonchev–Trinajstić information content (AvgIpc) is 2.87. The van der Waals surface area contributed by atoms with E-state index in [9.17, 15) is 0 Å². The Kier molecular flexibility index (Phi) is 4.27. The predicted octanol–water partition coefficient (Wildman–Crippen LogP) is 4.15. The fourth-order valence-corrected chi connectivity index (χ4v) is 3.15. The van der Waals surface area contributed by atoms with Crippen LogP contribution >= 0.6 is 11.6 Å². The molecule has 2 aromatic rings. The minimum Gasteiger partial charge on any atom is -0.457 e. The minimum atomic E-state index is 0.688. The second-order valence-electron chi connectivity index (χ2n) is 5.74. The lowest BCUT2D eigenvalue weighted by Gasteiger charge is -2.17. The van der Waals surface area contributed by atoms with Crippen LogP contribution in [0, 0.1) is 6.92 Å². The van der Waals surface area contributed by atoms with Crippen molar-refractivity contribution in [1.29, 1.82) is 0 Å². The van der Waals surface area contributed by atoms with Crippen molar-refractivity contribution in [3.63, 3.8) is 0 Å². The highest BCUT2D eigenvalue weighted by Crippen LogP contribution is 2.37. The second-order valence-corrected chi connectivity index (χ2v) is 6.18. The number of benzene rings is 2. The summed E-state index contributed by atoms with van der Waals surface area (Å²) in [6, 6.07) is 9.98. The van der Waals surface area contributed by atoms with Crippen molar-refractivity contribution < 1.29 is 4.74 Å². The second kappa shape index (κ2) is 6.19. The van der Waals surface area contributed by atoms with E-state index in [1.54, 1.807) is 0 Å². The third-order valence-electron chi connectivity index (χ3n) is 4.25. The highest BCUT2D eigenvalue weighted by Gasteiger charge is 2.20. The standard InChI is InChI=1S/C18H21ClN2O/c1-12-15-8-9-21(3)16(15)6-7-17(12)22-18-10-14(19)5-4-13(18)11-20-2/h4-7,10,20H,8-9,11H2,1-3H3. The molecule has 1 N–H and O–H groups in total. The van der Waals surface area contributed by atoms with Crippen molar-refractivity contribution in [2.75, 3.05) is 25.5 Å². The summed E-state index contributed by atoms with van der Waals surface area (Å²) >= 11 is 6.13. The molecule has 0 bridgehead atoms. The van der Waals surface area contributed by atoms with Gasteiger partial charge in [0.2, 0.25) is 0 Å². The molecule has 0 amide bonds. The number of likely N-dealkylation sites (N-methyl/N-ethyl adjacent to an activating group) is 1. The Morgan fingerprint density at radius 1 is 1.23 bits per heavy atom. The molecule has 0 radical (unpaired) electrons. The Balaban J connectivity index is 1.96. The van der Waals surface area contributed by atoms with E-state index in [-0.39, 0.29) is 0 Å². The fourth-order valence-electron chi connectivity index (χ4n) is 2.98. The topological polar surface area (TPSA) is 24.5 Å². The number of nitrogens with zero attached hydrogens (tertiary/aromatic N) is 1. The van der Waals surface area contributed by atoms with Crippen molar-refractivity contribution in [1.82, 2.24) is 5.32 Å². The van der Waals surface area contributed by atoms with Crippen LogP contribution in [0.5, 0.6) is 11.5 Å². The van der Waals surface area contributed by atoms with Gasteiger partial charge in [-0.2, -0.15) is 0 Å². The Morgan fingerprint density at radius 3 is 2.82 bits per heavy atom. The number of anilines is 1. The Labute approximate surface area is 136 Å². The van der Waals surface area contributed by atoms with Gasteiger partial charge in [0.15, 0.2) is 0 Å². The third-order valence-corrected chi connectivity index (χ3v) is 4.48. The monoisotopic (exact) mass is 316 g/mol. The highest BCUT2D eigenvalue weighted by molar-refractivity contribution is 6.30. The average molecular weight is 317 g/mol. The van der Waals surface area contributed by atoms with Crippen molar-refractivity contribution in [3.8, 4) is 11.5 Å². The van der Waals surface area contributed by atoms with Crippen LogP contribution in [-0.2, 0) is 13.0 Å². The Bertz CT molecular complexity index is 700. The van der Waals surface area contributed by atoms with Crippen LogP contribution in [0.1, 0.15) is 16.7 Å². The zero-order chi connectivity index (χ0) is 15.7. The first-order chi connectivity index (χ1) is 10.6. The van der Waals surface area contributed by atoms with E-state index < -0.39 is 0 Å². The van der Waals surface area contributed by atoms with Gasteiger partial charge in [0.25, 0.3) is 0 Å². The molecule has 0 saturated carbocycles. The molecule has 1 heterocycles. The van der Waals surface area contributed by atoms with E-state index >= 15 is 0 Å². The van der Waals surface area contributed by atoms with Crippen molar-refractivity contribution >= 4 is 17.3 Å². The number of ether oxygens (including phenoxy) is 1. The molecule has 0 fully saturated rings. The van der Waals surface area contributed by atoms with E-state index in [0.717, 1.165) is 36.6 Å². The molecule has 3 nitrogen and oxygen atoms in total. The van der Waals surface area contributed by atoms with E-state index in [2.05, 4.69) is 36.3 Å². The van der Waals surface area contributed by atoms with Gasteiger partial charge in [0, 0.05) is 36.4 Å². The number of halogens is 1. The van der Waals surface area contributed by atoms with Crippen LogP contribution in [0.3, 0.4) is 0 Å². The first-order valence-electron chi connectivity index (χ1n) is 7.54. The molecule has 22 heavy (non-hydrogen) atoms. The molecule has 1 aliphatic heterocycles. The zero-order valence-corrected chi connectivity index (χ0v) is 14.0. The van der Waals surface area contributed by atoms with E-state index in [4.69, 9.17) is 16.3 Å². The summed E-state index contributed by atoms with van der Waals surface area (Å²) in [5.74, 6) is 1.73. The van der Waals surface area contributed by atoms with Crippen LogP contribution in [0.25, 0.3) is 0 Å². The lowest BCUT2D eigenvalue weighted by Crippen LogP contribution is -2.12. The largest absolute Gasteiger partial charge is 0.457 e. The first kappa shape index (κ1) is 15.2. The molecule has 0 aliphatic carbocycles. The van der Waals surface area contributed by atoms with Gasteiger partial charge in [-0.25, -0.2) is 0 Å². The molecule has 0 atom stereocenters. The van der Waals surface area contributed by atoms with Crippen LogP contribution in [-0.4, -0.2) is 20.6 Å². The maximum atomic E-state index is 6.19. The van der Waals surface area contributed by atoms with Crippen molar-refractivity contribution in [2.45, 2.75) is 19.9 Å². The molecular formula is C18H21ClN2O. The maximum absolute atomic E-state index is 6.19. The molecule has 1 aliphatic rings. The van der Waals surface area contributed by atoms with Crippen LogP contribution in [0.15, 0.2) is 30.3 Å². The van der Waals surface area contributed by atoms with Gasteiger partial charge < -0.3 is 15.0 Å². The van der Waals surface area contributed by atoms with E-state index in [1.807, 2.05) is 25.2 Å². The lowest BCUT2D eigenvalue weighted by atomic mass is 10.1. The molecule has 116 valence electrons. The Morgan fingerprint density at radius 2 is 2.05 bits per heavy atom. The smallest absolute Gasteiger partial charge is 0.133 e. The molecule has 0 spiro atoms. The summed E-state index contributed by atoms with van der Waals surface area (Å²) < 4.78 is 6.19. The zero-order valence-electron chi connectivity index (χ0n) is 13.2. The summed E-state index contributed by atoms with van der Waals surface area (Å²) in [6.07, 6.45) is 1.08. The summed E-state index contributed by atoms with van der Waals surface area (Å²) in [5.41, 5.74) is 5.02. The van der Waals surface area contributed by atoms with E-state index in [0.29, 0.717) is 5.02 Å². The molecule has 4 heteroatoms. The number of rotatable bonds is 4. The normalized spacial score (nSPS) is 13.4. The minimum absolute atomic E-state index is 0.688. The molecule has 2 aromatic carbocycles. The summed E-state index contributed by atoms with van der Waals surface area (Å²) in [7, 11) is 4.06. The SMILES string of the molecule is CNCc1ccc(Cl)cc1Oc1ccc2c(c1C)CCN2C. The molecule has 0 unspecified atom stereocenters. The highest BCUT2D eigenvalue weighted by atomic mass is 35.5. The Hall–Kier alpha value is -1.71. The summed E-state index contributed by atoms with van der Waals surface area (Å²) in [6.45, 7) is 3.96. The molecular weight excluding hydrogens is 296 g/mol. The van der Waals surface area contributed by atoms with Gasteiger partial charge >= 0.3 is 0 Å². The number of hydrogen-bond donors (Lipinski definition) is 1. The summed E-state index contributed by atoms with van der Waals surface area (Å²) in [4.78, 5) is 2.29. The molecule has 3 rings (SSSR count). The predicted molar refractivity (Wildman–Crippen MR) is 92.4 cm³/mol. The van der Waals surface area contributed by atoms with Gasteiger partial charge in [-0.05, 0) is 55.8 Å². The molecule has 0 aromatic heterocycles. The molecule has 0 saturated heterocycles. The van der Waals surface area contributed by atoms with Gasteiger partial charge in [-0.3, -0.25) is 0 Å². The van der Waals surface area contributed by atoms with Gasteiger partial charge in [0.1, 0.15) is 11.5 Å². The van der Waals surface area contributed by atoms with Crippen LogP contribution in [0.2, 0.25) is 5.02 Å².